The molecule has 16 heavy (non-hydrogen) atoms. The maximum atomic E-state index is 11.3. The molecule has 0 fully saturated rings. The van der Waals surface area contributed by atoms with E-state index in [1.165, 1.54) is 12.2 Å². The van der Waals surface area contributed by atoms with Crippen LogP contribution in [0.25, 0.3) is 0 Å². The molecule has 2 unspecified atom stereocenters. The highest BCUT2D eigenvalue weighted by molar-refractivity contribution is 5.94. The van der Waals surface area contributed by atoms with Crippen LogP contribution in [0.1, 0.15) is 0 Å². The molecule has 1 aliphatic carbocycles. The van der Waals surface area contributed by atoms with Crippen molar-refractivity contribution in [2.45, 2.75) is 11.7 Å². The van der Waals surface area contributed by atoms with Crippen molar-refractivity contribution in [2.24, 2.45) is 0 Å². The fraction of sp³-hybridized carbons (Fsp3) is 0.400. The van der Waals surface area contributed by atoms with E-state index < -0.39 is 23.6 Å². The van der Waals surface area contributed by atoms with Crippen LogP contribution in [-0.2, 0) is 19.1 Å². The summed E-state index contributed by atoms with van der Waals surface area (Å²) < 4.78 is 8.75. The van der Waals surface area contributed by atoms with E-state index in [-0.39, 0.29) is 5.57 Å². The Morgan fingerprint density at radius 3 is 2.50 bits per heavy atom. The van der Waals surface area contributed by atoms with Gasteiger partial charge >= 0.3 is 11.9 Å². The lowest BCUT2D eigenvalue weighted by molar-refractivity contribution is -0.166. The Labute approximate surface area is 91.8 Å². The summed E-state index contributed by atoms with van der Waals surface area (Å²) in [5.41, 5.74) is -2.47. The lowest BCUT2D eigenvalue weighted by atomic mass is 9.86. The minimum absolute atomic E-state index is 0.210. The van der Waals surface area contributed by atoms with Crippen LogP contribution in [0.5, 0.6) is 0 Å². The number of ether oxygens (including phenoxy) is 2. The van der Waals surface area contributed by atoms with Crippen molar-refractivity contribution in [1.82, 2.24) is 0 Å². The minimum atomic E-state index is -2.26. The van der Waals surface area contributed by atoms with Gasteiger partial charge in [0.25, 0.3) is 0 Å². The second-order valence-corrected chi connectivity index (χ2v) is 3.19. The van der Waals surface area contributed by atoms with Crippen molar-refractivity contribution < 1.29 is 29.3 Å². The summed E-state index contributed by atoms with van der Waals surface area (Å²) >= 11 is 0. The van der Waals surface area contributed by atoms with Gasteiger partial charge in [0.1, 0.15) is 6.10 Å². The number of aliphatic hydroxyl groups is 2. The van der Waals surface area contributed by atoms with E-state index in [0.717, 1.165) is 20.3 Å². The first-order valence-corrected chi connectivity index (χ1v) is 4.44. The van der Waals surface area contributed by atoms with Crippen LogP contribution < -0.4 is 0 Å². The summed E-state index contributed by atoms with van der Waals surface area (Å²) in [4.78, 5) is 22.5. The van der Waals surface area contributed by atoms with E-state index in [0.29, 0.717) is 0 Å². The largest absolute Gasteiger partial charge is 0.467 e. The molecule has 0 heterocycles. The number of hydrogen-bond donors (Lipinski definition) is 2. The molecule has 0 saturated heterocycles. The van der Waals surface area contributed by atoms with Crippen molar-refractivity contribution >= 4 is 11.9 Å². The minimum Gasteiger partial charge on any atom is -0.467 e. The zero-order chi connectivity index (χ0) is 12.3. The van der Waals surface area contributed by atoms with Gasteiger partial charge in [0.05, 0.1) is 19.8 Å². The molecule has 6 nitrogen and oxygen atoms in total. The van der Waals surface area contributed by atoms with Crippen molar-refractivity contribution in [3.63, 3.8) is 0 Å². The van der Waals surface area contributed by atoms with Crippen LogP contribution in [-0.4, -0.2) is 48.1 Å². The zero-order valence-corrected chi connectivity index (χ0v) is 8.84. The van der Waals surface area contributed by atoms with Crippen molar-refractivity contribution in [3.05, 3.63) is 23.8 Å². The molecule has 1 rings (SSSR count). The maximum Gasteiger partial charge on any atom is 0.345 e. The Bertz CT molecular complexity index is 370. The van der Waals surface area contributed by atoms with Gasteiger partial charge in [-0.1, -0.05) is 6.08 Å². The Balaban J connectivity index is 3.06. The fourth-order valence-electron chi connectivity index (χ4n) is 1.36. The first-order valence-electron chi connectivity index (χ1n) is 4.44. The predicted molar refractivity (Wildman–Crippen MR) is 52.2 cm³/mol. The van der Waals surface area contributed by atoms with Crippen LogP contribution in [0.15, 0.2) is 23.8 Å². The molecular weight excluding hydrogens is 216 g/mol. The molecule has 0 bridgehead atoms. The van der Waals surface area contributed by atoms with Gasteiger partial charge in [0, 0.05) is 0 Å². The summed E-state index contributed by atoms with van der Waals surface area (Å²) in [6, 6.07) is 0. The predicted octanol–water partition coefficient (Wildman–Crippen LogP) is -1.08. The summed E-state index contributed by atoms with van der Waals surface area (Å²) in [5.74, 6) is -1.87. The first kappa shape index (κ1) is 12.4. The molecule has 0 saturated carbocycles. The number of hydrogen-bond acceptors (Lipinski definition) is 6. The average molecular weight is 228 g/mol. The summed E-state index contributed by atoms with van der Waals surface area (Å²) in [6.45, 7) is 0. The topological polar surface area (TPSA) is 93.1 Å². The van der Waals surface area contributed by atoms with E-state index in [4.69, 9.17) is 0 Å². The number of carbonyl (C=O) groups is 2. The first-order chi connectivity index (χ1) is 7.47. The van der Waals surface area contributed by atoms with Gasteiger partial charge in [-0.15, -0.1) is 0 Å². The highest BCUT2D eigenvalue weighted by Crippen LogP contribution is 2.25. The number of allylic oxidation sites excluding steroid dienone is 2. The molecule has 0 radical (unpaired) electrons. The molecule has 0 aromatic carbocycles. The normalized spacial score (nSPS) is 28.2. The van der Waals surface area contributed by atoms with Gasteiger partial charge in [-0.2, -0.15) is 0 Å². The van der Waals surface area contributed by atoms with Gasteiger partial charge in [0.2, 0.25) is 5.60 Å². The van der Waals surface area contributed by atoms with Gasteiger partial charge in [-0.3, -0.25) is 0 Å². The van der Waals surface area contributed by atoms with Gasteiger partial charge in [0.15, 0.2) is 0 Å². The van der Waals surface area contributed by atoms with E-state index in [9.17, 15) is 19.8 Å². The van der Waals surface area contributed by atoms with E-state index in [1.54, 1.807) is 0 Å². The molecule has 0 spiro atoms. The number of rotatable bonds is 2. The molecular formula is C10H12O6. The number of aliphatic hydroxyl groups excluding tert-OH is 1. The Morgan fingerprint density at radius 2 is 2.00 bits per heavy atom. The third kappa shape index (κ3) is 1.84. The smallest absolute Gasteiger partial charge is 0.345 e. The van der Waals surface area contributed by atoms with Crippen LogP contribution in [0.2, 0.25) is 0 Å². The van der Waals surface area contributed by atoms with Crippen LogP contribution >= 0.6 is 0 Å². The Morgan fingerprint density at radius 1 is 1.38 bits per heavy atom. The van der Waals surface area contributed by atoms with Crippen LogP contribution in [0, 0.1) is 0 Å². The van der Waals surface area contributed by atoms with E-state index in [2.05, 4.69) is 9.47 Å². The Kier molecular flexibility index (Phi) is 3.46. The lowest BCUT2D eigenvalue weighted by Crippen LogP contribution is -2.51. The SMILES string of the molecule is COC(=O)C1=CC=CC(O)(C(=O)OC)C1O. The van der Waals surface area contributed by atoms with E-state index in [1.807, 2.05) is 0 Å². The third-order valence-corrected chi connectivity index (χ3v) is 2.27. The number of esters is 2. The molecule has 2 N–H and O–H groups in total. The molecule has 1 aliphatic rings. The summed E-state index contributed by atoms with van der Waals surface area (Å²) in [7, 11) is 2.20. The van der Waals surface area contributed by atoms with Gasteiger partial charge < -0.3 is 19.7 Å². The number of carbonyl (C=O) groups excluding carboxylic acids is 2. The van der Waals surface area contributed by atoms with Gasteiger partial charge in [-0.25, -0.2) is 9.59 Å². The van der Waals surface area contributed by atoms with Crippen LogP contribution in [0.4, 0.5) is 0 Å². The monoisotopic (exact) mass is 228 g/mol. The molecule has 0 aromatic rings. The van der Waals surface area contributed by atoms with Crippen molar-refractivity contribution in [1.29, 1.82) is 0 Å². The Hall–Kier alpha value is -1.66. The third-order valence-electron chi connectivity index (χ3n) is 2.27. The van der Waals surface area contributed by atoms with Crippen molar-refractivity contribution in [3.8, 4) is 0 Å². The molecule has 6 heteroatoms. The maximum absolute atomic E-state index is 11.3. The highest BCUT2D eigenvalue weighted by atomic mass is 16.5. The summed E-state index contributed by atoms with van der Waals surface area (Å²) in [5, 5.41) is 19.6. The standard InChI is InChI=1S/C10H12O6/c1-15-8(12)6-4-3-5-10(14,7(6)11)9(13)16-2/h3-5,7,11,14H,1-2H3. The molecule has 0 aliphatic heterocycles. The van der Waals surface area contributed by atoms with Gasteiger partial charge in [-0.05, 0) is 12.2 Å². The fourth-order valence-corrected chi connectivity index (χ4v) is 1.36. The average Bonchev–Trinajstić information content (AvgIpc) is 2.30. The highest BCUT2D eigenvalue weighted by Gasteiger charge is 2.47. The van der Waals surface area contributed by atoms with Crippen molar-refractivity contribution in [2.75, 3.05) is 14.2 Å². The zero-order valence-electron chi connectivity index (χ0n) is 8.84. The second-order valence-electron chi connectivity index (χ2n) is 3.19. The quantitative estimate of drug-likeness (QED) is 0.584. The lowest BCUT2D eigenvalue weighted by Gasteiger charge is -2.29. The molecule has 0 amide bonds. The number of methoxy groups -OCH3 is 2. The molecule has 2 atom stereocenters. The van der Waals surface area contributed by atoms with E-state index >= 15 is 0 Å². The molecule has 0 aromatic heterocycles. The second kappa shape index (κ2) is 4.46. The molecule has 88 valence electrons. The van der Waals surface area contributed by atoms with Crippen LogP contribution in [0.3, 0.4) is 0 Å². The summed E-state index contributed by atoms with van der Waals surface area (Å²) in [6.07, 6.45) is 1.87.